The number of piperidine rings is 1. The molecule has 1 aliphatic heterocycles. The number of hydrogen-bond donors (Lipinski definition) is 2. The molecule has 7 nitrogen and oxygen atoms in total. The van der Waals surface area contributed by atoms with Crippen LogP contribution in [0.25, 0.3) is 0 Å². The van der Waals surface area contributed by atoms with Crippen molar-refractivity contribution in [1.29, 1.82) is 0 Å². The second-order valence-electron chi connectivity index (χ2n) is 5.93. The van der Waals surface area contributed by atoms with Crippen molar-refractivity contribution in [3.8, 4) is 0 Å². The third kappa shape index (κ3) is 4.01. The zero-order chi connectivity index (χ0) is 17.9. The molecule has 1 aliphatic rings. The Bertz CT molecular complexity index is 655. The average Bonchev–Trinajstić information content (AvgIpc) is 2.55. The maximum Gasteiger partial charge on any atom is 0.335 e. The number of anilines is 1. The molecule has 0 bridgehead atoms. The van der Waals surface area contributed by atoms with Gasteiger partial charge in [-0.15, -0.1) is 0 Å². The molecule has 0 atom stereocenters. The standard InChI is InChI=1S/C16H20FN3O4/c1-19(2)16(24)20-7-5-10(6-8-20)14(21)18-13-9-11(15(22)23)3-4-12(13)17/h3-4,9-10H,5-8H2,1-2H3,(H,18,21)(H,22,23). The summed E-state index contributed by atoms with van der Waals surface area (Å²) in [5.74, 6) is -2.59. The van der Waals surface area contributed by atoms with Gasteiger partial charge in [-0.3, -0.25) is 4.79 Å². The Balaban J connectivity index is 1.98. The molecule has 1 fully saturated rings. The van der Waals surface area contributed by atoms with Crippen LogP contribution >= 0.6 is 0 Å². The number of rotatable bonds is 3. The van der Waals surface area contributed by atoms with Gasteiger partial charge in [0.05, 0.1) is 11.3 Å². The van der Waals surface area contributed by atoms with Gasteiger partial charge in [0.1, 0.15) is 5.82 Å². The molecule has 0 spiro atoms. The lowest BCUT2D eigenvalue weighted by Crippen LogP contribution is -2.45. The normalized spacial score (nSPS) is 15.0. The first-order valence-electron chi connectivity index (χ1n) is 7.59. The third-order valence-corrected chi connectivity index (χ3v) is 3.99. The molecule has 1 saturated heterocycles. The molecule has 0 aromatic heterocycles. The molecular formula is C16H20FN3O4. The summed E-state index contributed by atoms with van der Waals surface area (Å²) in [5, 5.41) is 11.4. The number of halogens is 1. The molecule has 1 heterocycles. The number of likely N-dealkylation sites (tertiary alicyclic amines) is 1. The number of nitrogens with one attached hydrogen (secondary N) is 1. The van der Waals surface area contributed by atoms with Gasteiger partial charge >= 0.3 is 12.0 Å². The van der Waals surface area contributed by atoms with Gasteiger partial charge in [0.2, 0.25) is 5.91 Å². The van der Waals surface area contributed by atoms with Crippen LogP contribution in [-0.2, 0) is 4.79 Å². The number of amides is 3. The van der Waals surface area contributed by atoms with Crippen LogP contribution in [0.15, 0.2) is 18.2 Å². The minimum absolute atomic E-state index is 0.0990. The molecule has 2 N–H and O–H groups in total. The highest BCUT2D eigenvalue weighted by atomic mass is 19.1. The predicted octanol–water partition coefficient (Wildman–Crippen LogP) is 1.86. The average molecular weight is 337 g/mol. The van der Waals surface area contributed by atoms with Crippen LogP contribution in [0.3, 0.4) is 0 Å². The first-order valence-corrected chi connectivity index (χ1v) is 7.59. The van der Waals surface area contributed by atoms with E-state index in [1.165, 1.54) is 4.90 Å². The number of aromatic carboxylic acids is 1. The third-order valence-electron chi connectivity index (χ3n) is 3.99. The van der Waals surface area contributed by atoms with Crippen LogP contribution in [-0.4, -0.2) is 60.0 Å². The van der Waals surface area contributed by atoms with E-state index in [1.54, 1.807) is 19.0 Å². The summed E-state index contributed by atoms with van der Waals surface area (Å²) >= 11 is 0. The maximum atomic E-state index is 13.8. The number of nitrogens with zero attached hydrogens (tertiary/aromatic N) is 2. The highest BCUT2D eigenvalue weighted by Crippen LogP contribution is 2.22. The van der Waals surface area contributed by atoms with Crippen LogP contribution in [0.2, 0.25) is 0 Å². The second-order valence-corrected chi connectivity index (χ2v) is 5.93. The number of carboxylic acids is 1. The van der Waals surface area contributed by atoms with E-state index in [9.17, 15) is 18.8 Å². The minimum Gasteiger partial charge on any atom is -0.478 e. The van der Waals surface area contributed by atoms with Crippen molar-refractivity contribution >= 4 is 23.6 Å². The molecule has 0 unspecified atom stereocenters. The summed E-state index contributed by atoms with van der Waals surface area (Å²) in [6.07, 6.45) is 0.956. The SMILES string of the molecule is CN(C)C(=O)N1CCC(C(=O)Nc2cc(C(=O)O)ccc2F)CC1. The Hall–Kier alpha value is -2.64. The lowest BCUT2D eigenvalue weighted by atomic mass is 9.96. The Morgan fingerprint density at radius 2 is 1.88 bits per heavy atom. The quantitative estimate of drug-likeness (QED) is 0.881. The first kappa shape index (κ1) is 17.7. The number of hydrogen-bond acceptors (Lipinski definition) is 3. The molecule has 24 heavy (non-hydrogen) atoms. The minimum atomic E-state index is -1.19. The number of carboxylic acid groups (broad SMARTS) is 1. The fourth-order valence-electron chi connectivity index (χ4n) is 2.60. The van der Waals surface area contributed by atoms with E-state index in [4.69, 9.17) is 5.11 Å². The monoisotopic (exact) mass is 337 g/mol. The Labute approximate surface area is 139 Å². The van der Waals surface area contributed by atoms with E-state index in [-0.39, 0.29) is 29.1 Å². The van der Waals surface area contributed by atoms with E-state index in [1.807, 2.05) is 0 Å². The van der Waals surface area contributed by atoms with Gasteiger partial charge in [0.25, 0.3) is 0 Å². The first-order chi connectivity index (χ1) is 11.3. The van der Waals surface area contributed by atoms with Crippen molar-refractivity contribution in [1.82, 2.24) is 9.80 Å². The number of benzene rings is 1. The molecule has 0 radical (unpaired) electrons. The van der Waals surface area contributed by atoms with Crippen LogP contribution in [0.4, 0.5) is 14.9 Å². The molecule has 2 rings (SSSR count). The molecule has 1 aromatic carbocycles. The largest absolute Gasteiger partial charge is 0.478 e. The van der Waals surface area contributed by atoms with E-state index >= 15 is 0 Å². The fraction of sp³-hybridized carbons (Fsp3) is 0.438. The molecule has 0 aliphatic carbocycles. The zero-order valence-electron chi connectivity index (χ0n) is 13.6. The Kier molecular flexibility index (Phi) is 5.38. The Morgan fingerprint density at radius 1 is 1.25 bits per heavy atom. The lowest BCUT2D eigenvalue weighted by molar-refractivity contribution is -0.121. The zero-order valence-corrected chi connectivity index (χ0v) is 13.6. The van der Waals surface area contributed by atoms with E-state index < -0.39 is 11.8 Å². The van der Waals surface area contributed by atoms with Crippen molar-refractivity contribution in [3.63, 3.8) is 0 Å². The van der Waals surface area contributed by atoms with Gasteiger partial charge in [-0.2, -0.15) is 0 Å². The summed E-state index contributed by atoms with van der Waals surface area (Å²) < 4.78 is 13.8. The molecule has 0 saturated carbocycles. The van der Waals surface area contributed by atoms with Gasteiger partial charge in [0.15, 0.2) is 0 Å². The number of carbonyl (C=O) groups is 3. The molecule has 3 amide bonds. The summed E-state index contributed by atoms with van der Waals surface area (Å²) in [7, 11) is 3.33. The van der Waals surface area contributed by atoms with E-state index in [0.717, 1.165) is 18.2 Å². The van der Waals surface area contributed by atoms with Crippen LogP contribution in [0.5, 0.6) is 0 Å². The molecule has 1 aromatic rings. The molecular weight excluding hydrogens is 317 g/mol. The lowest BCUT2D eigenvalue weighted by Gasteiger charge is -2.33. The second kappa shape index (κ2) is 7.29. The van der Waals surface area contributed by atoms with Crippen LogP contribution in [0.1, 0.15) is 23.2 Å². The van der Waals surface area contributed by atoms with Gasteiger partial charge in [-0.1, -0.05) is 0 Å². The number of carbonyl (C=O) groups excluding carboxylic acids is 2. The van der Waals surface area contributed by atoms with Crippen LogP contribution < -0.4 is 5.32 Å². The summed E-state index contributed by atoms with van der Waals surface area (Å²) in [5.41, 5.74) is -0.246. The van der Waals surface area contributed by atoms with Crippen molar-refractivity contribution in [2.45, 2.75) is 12.8 Å². The molecule has 130 valence electrons. The highest BCUT2D eigenvalue weighted by molar-refractivity contribution is 5.95. The fourth-order valence-corrected chi connectivity index (χ4v) is 2.60. The van der Waals surface area contributed by atoms with E-state index in [2.05, 4.69) is 5.32 Å². The van der Waals surface area contributed by atoms with E-state index in [0.29, 0.717) is 25.9 Å². The summed E-state index contributed by atoms with van der Waals surface area (Å²) in [6.45, 7) is 0.902. The topological polar surface area (TPSA) is 90.0 Å². The van der Waals surface area contributed by atoms with Gasteiger partial charge in [0, 0.05) is 33.1 Å². The Morgan fingerprint density at radius 3 is 2.42 bits per heavy atom. The number of urea groups is 1. The van der Waals surface area contributed by atoms with Crippen LogP contribution in [0, 0.1) is 11.7 Å². The van der Waals surface area contributed by atoms with Crippen molar-refractivity contribution in [2.24, 2.45) is 5.92 Å². The summed E-state index contributed by atoms with van der Waals surface area (Å²) in [4.78, 5) is 38.2. The predicted molar refractivity (Wildman–Crippen MR) is 85.4 cm³/mol. The van der Waals surface area contributed by atoms with Gasteiger partial charge < -0.3 is 20.2 Å². The summed E-state index contributed by atoms with van der Waals surface area (Å²) in [6, 6.07) is 3.14. The van der Waals surface area contributed by atoms with Gasteiger partial charge in [-0.05, 0) is 31.0 Å². The van der Waals surface area contributed by atoms with Crippen molar-refractivity contribution in [3.05, 3.63) is 29.6 Å². The molecule has 8 heteroatoms. The van der Waals surface area contributed by atoms with Gasteiger partial charge in [-0.25, -0.2) is 14.0 Å². The highest BCUT2D eigenvalue weighted by Gasteiger charge is 2.28. The van der Waals surface area contributed by atoms with Crippen molar-refractivity contribution in [2.75, 3.05) is 32.5 Å². The van der Waals surface area contributed by atoms with Crippen molar-refractivity contribution < 1.29 is 23.9 Å². The smallest absolute Gasteiger partial charge is 0.335 e. The maximum absolute atomic E-state index is 13.8.